The van der Waals surface area contributed by atoms with E-state index in [0.29, 0.717) is 12.8 Å². The van der Waals surface area contributed by atoms with Gasteiger partial charge in [0.1, 0.15) is 5.60 Å². The highest BCUT2D eigenvalue weighted by atomic mass is 16.6. The Hall–Kier alpha value is -1.86. The first-order valence-corrected chi connectivity index (χ1v) is 7.85. The molecule has 0 aliphatic carbocycles. The Morgan fingerprint density at radius 1 is 1.13 bits per heavy atom. The molecule has 0 heterocycles. The number of carbonyl (C=O) groups is 2. The zero-order valence-corrected chi connectivity index (χ0v) is 14.4. The van der Waals surface area contributed by atoms with Gasteiger partial charge < -0.3 is 9.47 Å². The summed E-state index contributed by atoms with van der Waals surface area (Å²) in [4.78, 5) is 32.9. The third kappa shape index (κ3) is 12.4. The molecule has 0 spiro atoms. The molecule has 0 rings (SSSR count). The molecule has 0 aromatic carbocycles. The molecule has 0 saturated heterocycles. The van der Waals surface area contributed by atoms with Crippen LogP contribution in [0.25, 0.3) is 0 Å². The minimum Gasteiger partial charge on any atom is -0.469 e. The molecule has 0 aliphatic heterocycles. The molecule has 0 radical (unpaired) electrons. The molecule has 1 unspecified atom stereocenters. The number of unbranched alkanes of at least 4 members (excludes halogenated alkanes) is 4. The fourth-order valence-electron chi connectivity index (χ4n) is 1.91. The average molecular weight is 332 g/mol. The van der Waals surface area contributed by atoms with Crippen LogP contribution in [-0.4, -0.2) is 35.9 Å². The normalized spacial score (nSPS) is 12.3. The van der Waals surface area contributed by atoms with Crippen molar-refractivity contribution in [2.24, 2.45) is 0 Å². The molecule has 0 saturated carbocycles. The van der Waals surface area contributed by atoms with E-state index in [0.717, 1.165) is 25.7 Å². The highest BCUT2D eigenvalue weighted by Crippen LogP contribution is 2.11. The van der Waals surface area contributed by atoms with E-state index in [9.17, 15) is 19.7 Å². The fourth-order valence-corrected chi connectivity index (χ4v) is 1.91. The van der Waals surface area contributed by atoms with Gasteiger partial charge >= 0.3 is 12.1 Å². The van der Waals surface area contributed by atoms with E-state index in [-0.39, 0.29) is 12.4 Å². The Bertz CT molecular complexity index is 392. The van der Waals surface area contributed by atoms with Crippen molar-refractivity contribution in [3.8, 4) is 0 Å². The standard InChI is InChI=1S/C15H28N2O6/c1-15(2,3)23-14(19)16-12(17(20)21)10-8-6-5-7-9-11-13(18)22-4/h12H,5-11H2,1-4H3,(H,16,19). The van der Waals surface area contributed by atoms with Gasteiger partial charge in [-0.25, -0.2) is 4.79 Å². The van der Waals surface area contributed by atoms with Crippen molar-refractivity contribution < 1.29 is 24.0 Å². The van der Waals surface area contributed by atoms with Gasteiger partial charge in [0.05, 0.1) is 7.11 Å². The van der Waals surface area contributed by atoms with Crippen molar-refractivity contribution in [3.63, 3.8) is 0 Å². The number of nitrogens with one attached hydrogen (secondary N) is 1. The van der Waals surface area contributed by atoms with E-state index >= 15 is 0 Å². The van der Waals surface area contributed by atoms with Crippen LogP contribution in [0.3, 0.4) is 0 Å². The summed E-state index contributed by atoms with van der Waals surface area (Å²) in [5, 5.41) is 13.2. The molecule has 0 aromatic heterocycles. The second-order valence-corrected chi connectivity index (χ2v) is 6.33. The minimum absolute atomic E-state index is 0.222. The third-order valence-corrected chi connectivity index (χ3v) is 3.02. The lowest BCUT2D eigenvalue weighted by Crippen LogP contribution is -2.43. The maximum absolute atomic E-state index is 11.6. The first-order chi connectivity index (χ1) is 10.7. The smallest absolute Gasteiger partial charge is 0.412 e. The summed E-state index contributed by atoms with van der Waals surface area (Å²) in [6.45, 7) is 5.09. The number of alkyl carbamates (subject to hydrolysis) is 1. The lowest BCUT2D eigenvalue weighted by molar-refractivity contribution is -0.528. The van der Waals surface area contributed by atoms with Gasteiger partial charge in [0.25, 0.3) is 6.17 Å². The number of nitro groups is 1. The summed E-state index contributed by atoms with van der Waals surface area (Å²) in [6, 6.07) is 0. The van der Waals surface area contributed by atoms with Crippen LogP contribution in [0.2, 0.25) is 0 Å². The SMILES string of the molecule is COC(=O)CCCCCCCC(NC(=O)OC(C)(C)C)[N+](=O)[O-]. The van der Waals surface area contributed by atoms with Gasteiger partial charge in [-0.05, 0) is 33.6 Å². The maximum Gasteiger partial charge on any atom is 0.412 e. The molecule has 23 heavy (non-hydrogen) atoms. The number of methoxy groups -OCH3 is 1. The van der Waals surface area contributed by atoms with Gasteiger partial charge in [-0.2, -0.15) is 0 Å². The van der Waals surface area contributed by atoms with Crippen LogP contribution >= 0.6 is 0 Å². The van der Waals surface area contributed by atoms with E-state index in [1.807, 2.05) is 0 Å². The Labute approximate surface area is 137 Å². The molecular formula is C15H28N2O6. The number of rotatable bonds is 10. The van der Waals surface area contributed by atoms with E-state index in [1.54, 1.807) is 20.8 Å². The maximum atomic E-state index is 11.6. The van der Waals surface area contributed by atoms with Gasteiger partial charge in [-0.15, -0.1) is 0 Å². The van der Waals surface area contributed by atoms with Crippen molar-refractivity contribution in [2.45, 2.75) is 77.5 Å². The second kappa shape index (κ2) is 10.8. The zero-order chi connectivity index (χ0) is 17.9. The molecule has 0 fully saturated rings. The van der Waals surface area contributed by atoms with Gasteiger partial charge in [0, 0.05) is 17.8 Å². The van der Waals surface area contributed by atoms with Crippen molar-refractivity contribution in [1.29, 1.82) is 0 Å². The Morgan fingerprint density at radius 3 is 2.22 bits per heavy atom. The van der Waals surface area contributed by atoms with Gasteiger partial charge in [0.15, 0.2) is 0 Å². The molecule has 0 aromatic rings. The van der Waals surface area contributed by atoms with Crippen LogP contribution in [0.4, 0.5) is 4.79 Å². The molecule has 1 amide bonds. The van der Waals surface area contributed by atoms with E-state index in [1.165, 1.54) is 7.11 Å². The van der Waals surface area contributed by atoms with E-state index < -0.39 is 22.8 Å². The van der Waals surface area contributed by atoms with E-state index in [4.69, 9.17) is 4.74 Å². The number of esters is 1. The molecule has 8 heteroatoms. The van der Waals surface area contributed by atoms with Gasteiger partial charge in [-0.1, -0.05) is 19.3 Å². The Kier molecular flexibility index (Phi) is 9.92. The topological polar surface area (TPSA) is 108 Å². The van der Waals surface area contributed by atoms with Crippen LogP contribution in [0, 0.1) is 10.1 Å². The molecule has 0 bridgehead atoms. The lowest BCUT2D eigenvalue weighted by atomic mass is 10.1. The molecule has 134 valence electrons. The summed E-state index contributed by atoms with van der Waals surface area (Å²) in [5.41, 5.74) is -0.690. The zero-order valence-electron chi connectivity index (χ0n) is 14.4. The van der Waals surface area contributed by atoms with Gasteiger partial charge in [-0.3, -0.25) is 20.2 Å². The average Bonchev–Trinajstić information content (AvgIpc) is 2.42. The summed E-state index contributed by atoms with van der Waals surface area (Å²) in [7, 11) is 1.36. The number of nitrogens with zero attached hydrogens (tertiary/aromatic N) is 1. The van der Waals surface area contributed by atoms with Crippen LogP contribution in [0.1, 0.15) is 65.7 Å². The summed E-state index contributed by atoms with van der Waals surface area (Å²) >= 11 is 0. The number of hydrogen-bond donors (Lipinski definition) is 1. The lowest BCUT2D eigenvalue weighted by Gasteiger charge is -2.20. The van der Waals surface area contributed by atoms with Crippen molar-refractivity contribution in [3.05, 3.63) is 10.1 Å². The fraction of sp³-hybridized carbons (Fsp3) is 0.867. The molecule has 8 nitrogen and oxygen atoms in total. The van der Waals surface area contributed by atoms with Crippen LogP contribution in [-0.2, 0) is 14.3 Å². The van der Waals surface area contributed by atoms with Crippen LogP contribution in [0.5, 0.6) is 0 Å². The molecular weight excluding hydrogens is 304 g/mol. The van der Waals surface area contributed by atoms with E-state index in [2.05, 4.69) is 10.1 Å². The highest BCUT2D eigenvalue weighted by molar-refractivity contribution is 5.69. The number of amides is 1. The second-order valence-electron chi connectivity index (χ2n) is 6.33. The Morgan fingerprint density at radius 2 is 1.70 bits per heavy atom. The van der Waals surface area contributed by atoms with Crippen molar-refractivity contribution >= 4 is 12.1 Å². The number of ether oxygens (including phenoxy) is 2. The third-order valence-electron chi connectivity index (χ3n) is 3.02. The van der Waals surface area contributed by atoms with Gasteiger partial charge in [0.2, 0.25) is 0 Å². The minimum atomic E-state index is -1.14. The first-order valence-electron chi connectivity index (χ1n) is 7.85. The quantitative estimate of drug-likeness (QED) is 0.217. The summed E-state index contributed by atoms with van der Waals surface area (Å²) < 4.78 is 9.55. The predicted octanol–water partition coefficient (Wildman–Crippen LogP) is 3.02. The largest absolute Gasteiger partial charge is 0.469 e. The predicted molar refractivity (Wildman–Crippen MR) is 84.5 cm³/mol. The molecule has 0 aliphatic rings. The first kappa shape index (κ1) is 21.1. The molecule has 1 N–H and O–H groups in total. The molecule has 1 atom stereocenters. The Balaban J connectivity index is 3.91. The van der Waals surface area contributed by atoms with Crippen molar-refractivity contribution in [1.82, 2.24) is 5.32 Å². The monoisotopic (exact) mass is 332 g/mol. The van der Waals surface area contributed by atoms with Crippen LogP contribution in [0.15, 0.2) is 0 Å². The highest BCUT2D eigenvalue weighted by Gasteiger charge is 2.25. The summed E-state index contributed by atoms with van der Waals surface area (Å²) in [5.74, 6) is -0.222. The number of carbonyl (C=O) groups excluding carboxylic acids is 2. The number of hydrogen-bond acceptors (Lipinski definition) is 6. The van der Waals surface area contributed by atoms with Crippen molar-refractivity contribution in [2.75, 3.05) is 7.11 Å². The summed E-state index contributed by atoms with van der Waals surface area (Å²) in [6.07, 6.45) is 2.67. The van der Waals surface area contributed by atoms with Crippen LogP contribution < -0.4 is 5.32 Å².